The van der Waals surface area contributed by atoms with E-state index in [2.05, 4.69) is 19.9 Å². The second-order valence-corrected chi connectivity index (χ2v) is 2.21. The van der Waals surface area contributed by atoms with Gasteiger partial charge in [-0.2, -0.15) is 4.98 Å². The Morgan fingerprint density at radius 3 is 2.77 bits per heavy atom. The Balaban J connectivity index is 3.11. The lowest BCUT2D eigenvalue weighted by molar-refractivity contribution is 0.564. The molecule has 0 amide bonds. The summed E-state index contributed by atoms with van der Waals surface area (Å²) in [5.41, 5.74) is 0.209. The molecule has 0 spiro atoms. The number of aromatic amines is 1. The van der Waals surface area contributed by atoms with Crippen molar-refractivity contribution >= 4 is 11.9 Å². The van der Waals surface area contributed by atoms with Gasteiger partial charge in [-0.3, -0.25) is 0 Å². The molecule has 0 saturated heterocycles. The molecule has 1 N–H and O–H groups in total. The third kappa shape index (κ3) is 1.03. The molecule has 2 heterocycles. The number of aromatic nitrogens is 4. The molecule has 6 nitrogen and oxygen atoms in total. The van der Waals surface area contributed by atoms with Crippen molar-refractivity contribution in [2.75, 3.05) is 0 Å². The normalized spacial score (nSPS) is 9.54. The molecule has 62 valence electrons. The second-order valence-electron chi connectivity index (χ2n) is 2.21. The van der Waals surface area contributed by atoms with Crippen LogP contribution in [0.15, 0.2) is 6.33 Å². The molecule has 0 aromatic heterocycles. The SMILES string of the molecule is O=C=c1nc2ncnc-2c(=C=O)[nH]1. The van der Waals surface area contributed by atoms with Gasteiger partial charge in [-0.15, -0.1) is 0 Å². The number of nitrogens with zero attached hydrogens (tertiary/aromatic N) is 3. The van der Waals surface area contributed by atoms with Crippen LogP contribution < -0.4 is 10.8 Å². The van der Waals surface area contributed by atoms with E-state index in [0.717, 1.165) is 0 Å². The summed E-state index contributed by atoms with van der Waals surface area (Å²) in [5, 5.41) is 0.0563. The van der Waals surface area contributed by atoms with Gasteiger partial charge in [0.05, 0.1) is 0 Å². The number of H-pyrrole nitrogens is 1. The molecule has 13 heavy (non-hydrogen) atoms. The Morgan fingerprint density at radius 2 is 2.08 bits per heavy atom. The van der Waals surface area contributed by atoms with E-state index in [1.54, 1.807) is 5.94 Å². The fourth-order valence-corrected chi connectivity index (χ4v) is 0.952. The van der Waals surface area contributed by atoms with E-state index < -0.39 is 0 Å². The number of hydrogen-bond donors (Lipinski definition) is 1. The summed E-state index contributed by atoms with van der Waals surface area (Å²) in [6, 6.07) is 0. The molecule has 0 unspecified atom stereocenters. The quantitative estimate of drug-likeness (QED) is 0.469. The predicted octanol–water partition coefficient (Wildman–Crippen LogP) is -2.69. The molecule has 2 aliphatic rings. The number of nitrogens with one attached hydrogen (secondary N) is 1. The van der Waals surface area contributed by atoms with E-state index in [9.17, 15) is 9.59 Å². The van der Waals surface area contributed by atoms with Crippen LogP contribution in [-0.4, -0.2) is 31.8 Å². The van der Waals surface area contributed by atoms with Crippen LogP contribution in [0, 0.1) is 0 Å². The van der Waals surface area contributed by atoms with Gasteiger partial charge in [0.15, 0.2) is 23.1 Å². The summed E-state index contributed by atoms with van der Waals surface area (Å²) >= 11 is 0. The first kappa shape index (κ1) is 7.36. The van der Waals surface area contributed by atoms with Crippen molar-refractivity contribution in [1.29, 1.82) is 0 Å². The van der Waals surface area contributed by atoms with Crippen LogP contribution in [0.25, 0.3) is 11.5 Å². The van der Waals surface area contributed by atoms with Gasteiger partial charge in [0, 0.05) is 0 Å². The van der Waals surface area contributed by atoms with E-state index in [-0.39, 0.29) is 16.7 Å². The fraction of sp³-hybridized carbons (Fsp3) is 0. The molecule has 0 aromatic carbocycles. The predicted molar refractivity (Wildman–Crippen MR) is 39.6 cm³/mol. The average Bonchev–Trinajstić information content (AvgIpc) is 2.63. The van der Waals surface area contributed by atoms with Gasteiger partial charge in [0.2, 0.25) is 5.48 Å². The summed E-state index contributed by atoms with van der Waals surface area (Å²) in [6.07, 6.45) is 1.25. The van der Waals surface area contributed by atoms with Gasteiger partial charge in [0.25, 0.3) is 0 Å². The molecular weight excluding hydrogens is 172 g/mol. The molecule has 0 radical (unpaired) electrons. The molecule has 6 heteroatoms. The van der Waals surface area contributed by atoms with Crippen LogP contribution in [0.4, 0.5) is 0 Å². The maximum Gasteiger partial charge on any atom is 0.219 e. The Hall–Kier alpha value is -2.29. The van der Waals surface area contributed by atoms with Gasteiger partial charge >= 0.3 is 0 Å². The third-order valence-electron chi connectivity index (χ3n) is 1.48. The monoisotopic (exact) mass is 174 g/mol. The van der Waals surface area contributed by atoms with Crippen molar-refractivity contribution < 1.29 is 9.59 Å². The number of fused-ring (bicyclic) bond motifs is 1. The standard InChI is InChI=1S/C7H2N4O2/c12-1-4-6-7(9-3-8-6)11-5(2-13)10-4/h3,10H. The Labute approximate surface area is 71.0 Å². The smallest absolute Gasteiger partial charge is 0.219 e. The topological polar surface area (TPSA) is 88.6 Å². The minimum atomic E-state index is -0.0913. The number of imidazole rings is 1. The Kier molecular flexibility index (Phi) is 1.49. The highest BCUT2D eigenvalue weighted by Gasteiger charge is 2.09. The summed E-state index contributed by atoms with van der Waals surface area (Å²) in [7, 11) is 0. The van der Waals surface area contributed by atoms with Crippen molar-refractivity contribution in [3.8, 4) is 11.5 Å². The highest BCUT2D eigenvalue weighted by Crippen LogP contribution is 2.01. The largest absolute Gasteiger partial charge is 0.320 e. The van der Waals surface area contributed by atoms with Crippen molar-refractivity contribution in [3.05, 3.63) is 17.2 Å². The summed E-state index contributed by atoms with van der Waals surface area (Å²) in [6.45, 7) is 0. The van der Waals surface area contributed by atoms with Crippen molar-refractivity contribution in [2.24, 2.45) is 0 Å². The van der Waals surface area contributed by atoms with E-state index in [1.807, 2.05) is 0 Å². The van der Waals surface area contributed by atoms with Gasteiger partial charge in [-0.05, 0) is 0 Å². The number of rotatable bonds is 0. The van der Waals surface area contributed by atoms with Gasteiger partial charge in [0.1, 0.15) is 12.0 Å². The zero-order valence-electron chi connectivity index (χ0n) is 6.24. The summed E-state index contributed by atoms with van der Waals surface area (Å²) in [4.78, 5) is 34.3. The van der Waals surface area contributed by atoms with Crippen molar-refractivity contribution in [2.45, 2.75) is 0 Å². The molecule has 0 atom stereocenters. The second kappa shape index (κ2) is 2.64. The first-order valence-corrected chi connectivity index (χ1v) is 3.32. The summed E-state index contributed by atoms with van der Waals surface area (Å²) < 4.78 is 0. The van der Waals surface area contributed by atoms with Crippen LogP contribution in [0.5, 0.6) is 0 Å². The van der Waals surface area contributed by atoms with E-state index in [1.165, 1.54) is 12.3 Å². The zero-order chi connectivity index (χ0) is 9.26. The van der Waals surface area contributed by atoms with Crippen LogP contribution in [-0.2, 0) is 9.59 Å². The number of hydrogen-bond acceptors (Lipinski definition) is 5. The minimum Gasteiger partial charge on any atom is -0.320 e. The third-order valence-corrected chi connectivity index (χ3v) is 1.48. The molecule has 0 saturated carbocycles. The van der Waals surface area contributed by atoms with Crippen LogP contribution >= 0.6 is 0 Å². The lowest BCUT2D eigenvalue weighted by Crippen LogP contribution is -2.28. The number of carbonyl (C=O) groups excluding carboxylic acids is 2. The molecule has 0 fully saturated rings. The average molecular weight is 174 g/mol. The Bertz CT molecular complexity index is 577. The molecule has 0 bridgehead atoms. The van der Waals surface area contributed by atoms with Gasteiger partial charge in [-0.1, -0.05) is 0 Å². The van der Waals surface area contributed by atoms with Crippen LogP contribution in [0.3, 0.4) is 0 Å². The molecule has 2 rings (SSSR count). The van der Waals surface area contributed by atoms with E-state index in [0.29, 0.717) is 5.69 Å². The first-order chi connectivity index (χ1) is 6.35. The molecule has 0 aliphatic carbocycles. The van der Waals surface area contributed by atoms with E-state index >= 15 is 0 Å². The molecular formula is C7H2N4O2. The minimum absolute atomic E-state index is 0.0563. The highest BCUT2D eigenvalue weighted by molar-refractivity contribution is 5.59. The van der Waals surface area contributed by atoms with Crippen LogP contribution in [0.1, 0.15) is 0 Å². The van der Waals surface area contributed by atoms with Gasteiger partial charge in [-0.25, -0.2) is 19.6 Å². The maximum atomic E-state index is 10.4. The Morgan fingerprint density at radius 1 is 1.23 bits per heavy atom. The van der Waals surface area contributed by atoms with E-state index in [4.69, 9.17) is 0 Å². The summed E-state index contributed by atoms with van der Waals surface area (Å²) in [5.74, 6) is 3.36. The van der Waals surface area contributed by atoms with Gasteiger partial charge < -0.3 is 4.98 Å². The fourth-order valence-electron chi connectivity index (χ4n) is 0.952. The van der Waals surface area contributed by atoms with Crippen molar-refractivity contribution in [3.63, 3.8) is 0 Å². The lowest BCUT2D eigenvalue weighted by Gasteiger charge is -1.90. The lowest BCUT2D eigenvalue weighted by atomic mass is 10.4. The van der Waals surface area contributed by atoms with Crippen LogP contribution in [0.2, 0.25) is 0 Å². The zero-order valence-corrected chi connectivity index (χ0v) is 6.24. The molecule has 2 aliphatic heterocycles. The molecule has 0 aromatic rings. The maximum absolute atomic E-state index is 10.4. The highest BCUT2D eigenvalue weighted by atomic mass is 16.1. The van der Waals surface area contributed by atoms with Crippen molar-refractivity contribution in [1.82, 2.24) is 19.9 Å². The first-order valence-electron chi connectivity index (χ1n) is 3.32.